The molecule has 0 fully saturated rings. The average molecular weight is 422 g/mol. The van der Waals surface area contributed by atoms with E-state index in [0.29, 0.717) is 18.1 Å². The lowest BCUT2D eigenvalue weighted by Crippen LogP contribution is -2.47. The molecule has 2 amide bonds. The fraction of sp³-hybridized carbons (Fsp3) is 0.208. The van der Waals surface area contributed by atoms with Crippen LogP contribution >= 0.6 is 11.6 Å². The van der Waals surface area contributed by atoms with Crippen molar-refractivity contribution < 1.29 is 9.59 Å². The topological polar surface area (TPSA) is 62.3 Å². The molecule has 2 aromatic carbocycles. The molecule has 1 aromatic heterocycles. The molecule has 3 aromatic rings. The second kappa shape index (κ2) is 10.6. The summed E-state index contributed by atoms with van der Waals surface area (Å²) in [6, 6.07) is 19.9. The van der Waals surface area contributed by atoms with E-state index in [1.807, 2.05) is 54.6 Å². The highest BCUT2D eigenvalue weighted by atomic mass is 35.5. The molecule has 1 heterocycles. The first-order valence-electron chi connectivity index (χ1n) is 9.77. The van der Waals surface area contributed by atoms with Crippen molar-refractivity contribution >= 4 is 23.4 Å². The Bertz CT molecular complexity index is 963. The second-order valence-corrected chi connectivity index (χ2v) is 7.50. The zero-order chi connectivity index (χ0) is 21.3. The number of amides is 2. The number of aromatic nitrogens is 1. The van der Waals surface area contributed by atoms with Gasteiger partial charge in [0.05, 0.1) is 6.42 Å². The first-order valence-corrected chi connectivity index (χ1v) is 10.1. The minimum Gasteiger partial charge on any atom is -0.350 e. The molecular weight excluding hydrogens is 398 g/mol. The molecule has 0 aliphatic rings. The van der Waals surface area contributed by atoms with Crippen LogP contribution in [0.5, 0.6) is 0 Å². The molecule has 0 bridgehead atoms. The first-order chi connectivity index (χ1) is 14.5. The zero-order valence-corrected chi connectivity index (χ0v) is 17.5. The molecule has 0 saturated heterocycles. The zero-order valence-electron chi connectivity index (χ0n) is 16.8. The third-order valence-corrected chi connectivity index (χ3v) is 5.10. The maximum atomic E-state index is 13.1. The van der Waals surface area contributed by atoms with Crippen LogP contribution in [-0.2, 0) is 29.1 Å². The van der Waals surface area contributed by atoms with E-state index in [-0.39, 0.29) is 18.2 Å². The molecule has 3 rings (SSSR count). The Balaban J connectivity index is 1.73. The van der Waals surface area contributed by atoms with Crippen molar-refractivity contribution in [1.82, 2.24) is 15.2 Å². The number of hydrogen-bond donors (Lipinski definition) is 1. The number of rotatable bonds is 8. The summed E-state index contributed by atoms with van der Waals surface area (Å²) in [4.78, 5) is 31.5. The van der Waals surface area contributed by atoms with Gasteiger partial charge in [-0.05, 0) is 47.9 Å². The van der Waals surface area contributed by atoms with E-state index in [9.17, 15) is 9.59 Å². The quantitative estimate of drug-likeness (QED) is 0.597. The summed E-state index contributed by atoms with van der Waals surface area (Å²) in [5.74, 6) is -0.315. The Morgan fingerprint density at radius 1 is 0.933 bits per heavy atom. The summed E-state index contributed by atoms with van der Waals surface area (Å²) in [6.07, 6.45) is 3.60. The number of benzene rings is 2. The van der Waals surface area contributed by atoms with Crippen LogP contribution in [0.25, 0.3) is 0 Å². The van der Waals surface area contributed by atoms with Crippen LogP contribution in [0.15, 0.2) is 79.1 Å². The van der Waals surface area contributed by atoms with Crippen LogP contribution < -0.4 is 5.32 Å². The highest BCUT2D eigenvalue weighted by molar-refractivity contribution is 6.30. The molecule has 0 aliphatic heterocycles. The number of nitrogens with zero attached hydrogens (tertiary/aromatic N) is 2. The van der Waals surface area contributed by atoms with Crippen LogP contribution in [0.3, 0.4) is 0 Å². The van der Waals surface area contributed by atoms with Gasteiger partial charge in [-0.2, -0.15) is 0 Å². The summed E-state index contributed by atoms with van der Waals surface area (Å²) in [6.45, 7) is 2.46. The maximum absolute atomic E-state index is 13.1. The van der Waals surface area contributed by atoms with Crippen LogP contribution in [-0.4, -0.2) is 27.7 Å². The second-order valence-electron chi connectivity index (χ2n) is 7.06. The van der Waals surface area contributed by atoms with E-state index < -0.39 is 6.04 Å². The minimum absolute atomic E-state index is 0.109. The standard InChI is InChI=1S/C24H24ClN3O2/c1-18(24(30)27-16-20-11-13-26-14-12-20)28(17-21-7-9-22(25)10-8-21)23(29)15-19-5-3-2-4-6-19/h2-14,18H,15-17H2,1H3,(H,27,30)/t18-/m0/s1. The number of hydrogen-bond acceptors (Lipinski definition) is 3. The van der Waals surface area contributed by atoms with Gasteiger partial charge in [0.1, 0.15) is 6.04 Å². The van der Waals surface area contributed by atoms with Gasteiger partial charge in [0.15, 0.2) is 0 Å². The van der Waals surface area contributed by atoms with Crippen LogP contribution in [0.1, 0.15) is 23.6 Å². The van der Waals surface area contributed by atoms with Gasteiger partial charge in [-0.25, -0.2) is 0 Å². The van der Waals surface area contributed by atoms with Gasteiger partial charge in [0.25, 0.3) is 0 Å². The first kappa shape index (κ1) is 21.5. The normalized spacial score (nSPS) is 11.5. The highest BCUT2D eigenvalue weighted by Gasteiger charge is 2.26. The van der Waals surface area contributed by atoms with E-state index in [1.165, 1.54) is 0 Å². The Morgan fingerprint density at radius 2 is 1.60 bits per heavy atom. The monoisotopic (exact) mass is 421 g/mol. The van der Waals surface area contributed by atoms with Crippen molar-refractivity contribution in [2.45, 2.75) is 32.5 Å². The van der Waals surface area contributed by atoms with Crippen molar-refractivity contribution in [3.05, 3.63) is 101 Å². The van der Waals surface area contributed by atoms with Gasteiger partial charge in [-0.1, -0.05) is 54.1 Å². The van der Waals surface area contributed by atoms with E-state index in [0.717, 1.165) is 16.7 Å². The third kappa shape index (κ3) is 6.16. The van der Waals surface area contributed by atoms with E-state index in [4.69, 9.17) is 11.6 Å². The van der Waals surface area contributed by atoms with E-state index >= 15 is 0 Å². The summed E-state index contributed by atoms with van der Waals surface area (Å²) < 4.78 is 0. The van der Waals surface area contributed by atoms with Crippen molar-refractivity contribution in [2.75, 3.05) is 0 Å². The molecular formula is C24H24ClN3O2. The summed E-state index contributed by atoms with van der Waals surface area (Å²) in [5.41, 5.74) is 2.77. The van der Waals surface area contributed by atoms with Crippen molar-refractivity contribution in [2.24, 2.45) is 0 Å². The molecule has 1 N–H and O–H groups in total. The Hall–Kier alpha value is -3.18. The molecule has 0 saturated carbocycles. The van der Waals surface area contributed by atoms with Gasteiger partial charge in [-0.3, -0.25) is 14.6 Å². The molecule has 154 valence electrons. The third-order valence-electron chi connectivity index (χ3n) is 4.85. The maximum Gasteiger partial charge on any atom is 0.242 e. The molecule has 0 aliphatic carbocycles. The summed E-state index contributed by atoms with van der Waals surface area (Å²) >= 11 is 5.98. The fourth-order valence-electron chi connectivity index (χ4n) is 3.08. The lowest BCUT2D eigenvalue weighted by Gasteiger charge is -2.29. The molecule has 5 nitrogen and oxygen atoms in total. The lowest BCUT2D eigenvalue weighted by atomic mass is 10.1. The Labute approximate surface area is 181 Å². The molecule has 30 heavy (non-hydrogen) atoms. The highest BCUT2D eigenvalue weighted by Crippen LogP contribution is 2.15. The number of pyridine rings is 1. The van der Waals surface area contributed by atoms with Crippen LogP contribution in [0.4, 0.5) is 0 Å². The van der Waals surface area contributed by atoms with Gasteiger partial charge in [0.2, 0.25) is 11.8 Å². The van der Waals surface area contributed by atoms with Gasteiger partial charge in [0, 0.05) is 30.5 Å². The molecule has 1 atom stereocenters. The summed E-state index contributed by atoms with van der Waals surface area (Å²) in [7, 11) is 0. The van der Waals surface area contributed by atoms with Crippen molar-refractivity contribution in [3.8, 4) is 0 Å². The Morgan fingerprint density at radius 3 is 2.27 bits per heavy atom. The van der Waals surface area contributed by atoms with Gasteiger partial charge >= 0.3 is 0 Å². The largest absolute Gasteiger partial charge is 0.350 e. The lowest BCUT2D eigenvalue weighted by molar-refractivity contribution is -0.140. The van der Waals surface area contributed by atoms with E-state index in [1.54, 1.807) is 36.4 Å². The van der Waals surface area contributed by atoms with Crippen molar-refractivity contribution in [3.63, 3.8) is 0 Å². The van der Waals surface area contributed by atoms with Crippen molar-refractivity contribution in [1.29, 1.82) is 0 Å². The summed E-state index contributed by atoms with van der Waals surface area (Å²) in [5, 5.41) is 3.54. The van der Waals surface area contributed by atoms with E-state index in [2.05, 4.69) is 10.3 Å². The number of carbonyl (C=O) groups excluding carboxylic acids is 2. The molecule has 0 radical (unpaired) electrons. The molecule has 0 unspecified atom stereocenters. The average Bonchev–Trinajstić information content (AvgIpc) is 2.78. The minimum atomic E-state index is -0.626. The SMILES string of the molecule is C[C@@H](C(=O)NCc1ccncc1)N(Cc1ccc(Cl)cc1)C(=O)Cc1ccccc1. The predicted molar refractivity (Wildman–Crippen MR) is 118 cm³/mol. The van der Waals surface area contributed by atoms with Crippen LogP contribution in [0.2, 0.25) is 5.02 Å². The van der Waals surface area contributed by atoms with Crippen LogP contribution in [0, 0.1) is 0 Å². The molecule has 6 heteroatoms. The smallest absolute Gasteiger partial charge is 0.242 e. The number of nitrogens with one attached hydrogen (secondary N) is 1. The van der Waals surface area contributed by atoms with Gasteiger partial charge in [-0.15, -0.1) is 0 Å². The molecule has 0 spiro atoms. The number of carbonyl (C=O) groups is 2. The fourth-order valence-corrected chi connectivity index (χ4v) is 3.20. The van der Waals surface area contributed by atoms with Gasteiger partial charge < -0.3 is 10.2 Å². The predicted octanol–water partition coefficient (Wildman–Crippen LogP) is 4.01. The Kier molecular flexibility index (Phi) is 7.57. The number of halogens is 1.